The summed E-state index contributed by atoms with van der Waals surface area (Å²) in [6, 6.07) is 0. The molecule has 8 rings (SSSR count). The van der Waals surface area contributed by atoms with Gasteiger partial charge in [0.15, 0.2) is 6.29 Å². The van der Waals surface area contributed by atoms with Gasteiger partial charge in [0.1, 0.15) is 6.10 Å². The van der Waals surface area contributed by atoms with Crippen LogP contribution in [0.1, 0.15) is 107 Å². The fraction of sp³-hybridized carbons (Fsp3) is 1.00. The molecule has 5 saturated carbocycles. The van der Waals surface area contributed by atoms with Crippen LogP contribution in [0.2, 0.25) is 0 Å². The van der Waals surface area contributed by atoms with E-state index in [2.05, 4.69) is 51.5 Å². The maximum Gasteiger partial charge on any atom is 0.170 e. The molecule has 5 aliphatic carbocycles. The fourth-order valence-corrected chi connectivity index (χ4v) is 15.1. The van der Waals surface area contributed by atoms with Crippen LogP contribution in [0.3, 0.4) is 0 Å². The van der Waals surface area contributed by atoms with Crippen LogP contribution >= 0.6 is 0 Å². The van der Waals surface area contributed by atoms with Gasteiger partial charge in [0.2, 0.25) is 0 Å². The summed E-state index contributed by atoms with van der Waals surface area (Å²) < 4.78 is 26.4. The number of aliphatic hydroxyl groups excluding tert-OH is 1. The van der Waals surface area contributed by atoms with E-state index in [-0.39, 0.29) is 40.8 Å². The van der Waals surface area contributed by atoms with Gasteiger partial charge in [0.25, 0.3) is 0 Å². The third-order valence-electron chi connectivity index (χ3n) is 17.2. The zero-order valence-electron chi connectivity index (χ0n) is 32.4. The minimum atomic E-state index is -1.01. The molecule has 8 aliphatic rings. The lowest BCUT2D eigenvalue weighted by Crippen LogP contribution is -2.60. The number of likely N-dealkylation sites (tertiary alicyclic amines) is 1. The molecule has 3 saturated heterocycles. The quantitative estimate of drug-likeness (QED) is 0.343. The van der Waals surface area contributed by atoms with Crippen molar-refractivity contribution >= 4 is 0 Å². The molecule has 0 aromatic heterocycles. The van der Waals surface area contributed by atoms with Crippen LogP contribution in [0.25, 0.3) is 0 Å². The number of hydrogen-bond acceptors (Lipinski definition) is 8. The van der Waals surface area contributed by atoms with E-state index in [1.807, 2.05) is 20.8 Å². The SMILES string of the molecule is CCO[C@@H](C1C[C@@H](C)[C@H]2C(O1)[C@H](O)[C@@]1(C)C3CC[C@H]4C(C)(C)[C@@H](O[C@H]5CN(CC6CN(C)C6)CCO5)CCC45CC35CC[C@]21C)C(C)(C)O. The topological polar surface area (TPSA) is 83.9 Å². The Morgan fingerprint density at radius 1 is 0.980 bits per heavy atom. The number of aliphatic hydroxyl groups is 2. The summed E-state index contributed by atoms with van der Waals surface area (Å²) in [6.45, 7) is 24.9. The van der Waals surface area contributed by atoms with Crippen LogP contribution in [0, 0.1) is 56.7 Å². The van der Waals surface area contributed by atoms with E-state index < -0.39 is 17.8 Å². The van der Waals surface area contributed by atoms with E-state index in [4.69, 9.17) is 18.9 Å². The number of fused-ring (bicyclic) bond motifs is 4. The molecule has 0 aromatic rings. The molecule has 3 heterocycles. The van der Waals surface area contributed by atoms with Crippen LogP contribution in [0.5, 0.6) is 0 Å². The normalized spacial score (nSPS) is 51.9. The smallest absolute Gasteiger partial charge is 0.170 e. The second-order valence-corrected chi connectivity index (χ2v) is 20.4. The summed E-state index contributed by atoms with van der Waals surface area (Å²) in [5.41, 5.74) is -0.402. The number of rotatable bonds is 8. The van der Waals surface area contributed by atoms with Crippen molar-refractivity contribution in [2.45, 2.75) is 149 Å². The maximum atomic E-state index is 12.6. The molecule has 8 nitrogen and oxygen atoms in total. The van der Waals surface area contributed by atoms with Crippen LogP contribution in [0.4, 0.5) is 0 Å². The molecule has 8 fully saturated rings. The van der Waals surface area contributed by atoms with Crippen LogP contribution < -0.4 is 0 Å². The van der Waals surface area contributed by atoms with E-state index in [1.165, 1.54) is 58.2 Å². The van der Waals surface area contributed by atoms with Crippen molar-refractivity contribution in [1.29, 1.82) is 0 Å². The van der Waals surface area contributed by atoms with Gasteiger partial charge in [0.05, 0.1) is 36.6 Å². The van der Waals surface area contributed by atoms with Gasteiger partial charge in [-0.15, -0.1) is 0 Å². The Balaban J connectivity index is 0.997. The summed E-state index contributed by atoms with van der Waals surface area (Å²) in [6.07, 6.45) is 8.20. The average Bonchev–Trinajstić information content (AvgIpc) is 3.65. The molecule has 0 radical (unpaired) electrons. The highest BCUT2D eigenvalue weighted by atomic mass is 16.7. The van der Waals surface area contributed by atoms with Gasteiger partial charge < -0.3 is 34.1 Å². The van der Waals surface area contributed by atoms with Crippen LogP contribution in [-0.2, 0) is 18.9 Å². The second kappa shape index (κ2) is 11.8. The maximum absolute atomic E-state index is 12.6. The van der Waals surface area contributed by atoms with Gasteiger partial charge >= 0.3 is 0 Å². The lowest BCUT2D eigenvalue weighted by Gasteiger charge is -2.64. The van der Waals surface area contributed by atoms with E-state index in [1.54, 1.807) is 0 Å². The molecule has 0 aromatic carbocycles. The van der Waals surface area contributed by atoms with Gasteiger partial charge in [-0.05, 0) is 130 Å². The first-order chi connectivity index (χ1) is 23.0. The Morgan fingerprint density at radius 2 is 1.69 bits per heavy atom. The predicted octanol–water partition coefficient (Wildman–Crippen LogP) is 5.58. The second-order valence-electron chi connectivity index (χ2n) is 20.4. The summed E-state index contributed by atoms with van der Waals surface area (Å²) >= 11 is 0. The minimum Gasteiger partial charge on any atom is -0.390 e. The molecule has 0 amide bonds. The Bertz CT molecular complexity index is 1250. The molecule has 0 bridgehead atoms. The highest BCUT2D eigenvalue weighted by molar-refractivity contribution is 5.33. The Hall–Kier alpha value is -0.320. The Kier molecular flexibility index (Phi) is 8.62. The molecule has 280 valence electrons. The van der Waals surface area contributed by atoms with Crippen molar-refractivity contribution in [1.82, 2.24) is 9.80 Å². The summed E-state index contributed by atoms with van der Waals surface area (Å²) in [7, 11) is 2.22. The predicted molar refractivity (Wildman–Crippen MR) is 190 cm³/mol. The molecular formula is C41H70N2O6. The third-order valence-corrected chi connectivity index (χ3v) is 17.2. The monoisotopic (exact) mass is 687 g/mol. The number of morpholine rings is 1. The van der Waals surface area contributed by atoms with Crippen molar-refractivity contribution in [2.75, 3.05) is 53.0 Å². The largest absolute Gasteiger partial charge is 0.390 e. The van der Waals surface area contributed by atoms with Crippen molar-refractivity contribution in [3.63, 3.8) is 0 Å². The van der Waals surface area contributed by atoms with Gasteiger partial charge in [-0.2, -0.15) is 0 Å². The van der Waals surface area contributed by atoms with Crippen molar-refractivity contribution in [3.8, 4) is 0 Å². The van der Waals surface area contributed by atoms with Gasteiger partial charge in [-0.25, -0.2) is 0 Å². The van der Waals surface area contributed by atoms with E-state index in [9.17, 15) is 10.2 Å². The molecular weight excluding hydrogens is 616 g/mol. The van der Waals surface area contributed by atoms with E-state index in [0.29, 0.717) is 41.1 Å². The highest BCUT2D eigenvalue weighted by Crippen LogP contribution is 2.89. The third kappa shape index (κ3) is 5.03. The highest BCUT2D eigenvalue weighted by Gasteiger charge is 2.84. The van der Waals surface area contributed by atoms with Crippen molar-refractivity contribution in [2.24, 2.45) is 56.7 Å². The first-order valence-corrected chi connectivity index (χ1v) is 20.4. The first kappa shape index (κ1) is 35.7. The molecule has 8 heteroatoms. The van der Waals surface area contributed by atoms with Crippen molar-refractivity contribution in [3.05, 3.63) is 0 Å². The van der Waals surface area contributed by atoms with Gasteiger partial charge in [-0.1, -0.05) is 34.6 Å². The molecule has 49 heavy (non-hydrogen) atoms. The van der Waals surface area contributed by atoms with E-state index >= 15 is 0 Å². The minimum absolute atomic E-state index is 0.0266. The molecule has 3 aliphatic heterocycles. The average molecular weight is 687 g/mol. The Labute approximate surface area is 297 Å². The molecule has 2 spiro atoms. The van der Waals surface area contributed by atoms with Gasteiger partial charge in [-0.3, -0.25) is 4.90 Å². The summed E-state index contributed by atoms with van der Waals surface area (Å²) in [5.74, 6) is 2.66. The van der Waals surface area contributed by atoms with Crippen LogP contribution in [-0.4, -0.2) is 115 Å². The lowest BCUT2D eigenvalue weighted by molar-refractivity contribution is -0.249. The van der Waals surface area contributed by atoms with E-state index in [0.717, 1.165) is 38.5 Å². The molecule has 14 atom stereocenters. The first-order valence-electron chi connectivity index (χ1n) is 20.4. The molecule has 5 unspecified atom stereocenters. The Morgan fingerprint density at radius 3 is 2.39 bits per heavy atom. The fourth-order valence-electron chi connectivity index (χ4n) is 15.1. The zero-order valence-corrected chi connectivity index (χ0v) is 32.4. The zero-order chi connectivity index (χ0) is 34.9. The van der Waals surface area contributed by atoms with Crippen molar-refractivity contribution < 1.29 is 29.2 Å². The lowest BCUT2D eigenvalue weighted by atomic mass is 9.41. The van der Waals surface area contributed by atoms with Gasteiger partial charge in [0, 0.05) is 44.7 Å². The number of ether oxygens (including phenoxy) is 4. The number of nitrogens with zero attached hydrogens (tertiary/aromatic N) is 2. The summed E-state index contributed by atoms with van der Waals surface area (Å²) in [4.78, 5) is 5.00. The number of hydrogen-bond donors (Lipinski definition) is 2. The summed E-state index contributed by atoms with van der Waals surface area (Å²) in [5, 5.41) is 23.7. The molecule has 2 N–H and O–H groups in total. The van der Waals surface area contributed by atoms with Crippen LogP contribution in [0.15, 0.2) is 0 Å². The standard InChI is InChI=1S/C41H70N2O6/c1-10-46-35(37(5,6)45)27-19-25(2)32-33(48-27)34(44)39(8)29-12-11-28-36(3,4)30(13-14-40(28)24-41(29,40)16-15-38(32,39)7)49-31-23-43(17-18-47-31)22-26-20-42(9)21-26/h25-35,44-45H,10-24H2,1-9H3/t25-,27?,28+,29?,30+,31+,32+,33?,34+,35+,38-,39-,40?,41?/m1/s1.